The lowest BCUT2D eigenvalue weighted by Gasteiger charge is -2.32. The van der Waals surface area contributed by atoms with Gasteiger partial charge in [0.05, 0.1) is 11.1 Å². The highest BCUT2D eigenvalue weighted by molar-refractivity contribution is 6.15. The van der Waals surface area contributed by atoms with Crippen LogP contribution in [0.25, 0.3) is 11.2 Å². The first-order chi connectivity index (χ1) is 15.1. The Hall–Kier alpha value is -3.33. The first-order valence-corrected chi connectivity index (χ1v) is 10.7. The van der Waals surface area contributed by atoms with Crippen LogP contribution in [0.2, 0.25) is 0 Å². The van der Waals surface area contributed by atoms with Gasteiger partial charge in [-0.1, -0.05) is 18.2 Å². The number of aromatic nitrogens is 4. The number of para-hydroxylation sites is 1. The van der Waals surface area contributed by atoms with Gasteiger partial charge in [-0.25, -0.2) is 15.0 Å². The van der Waals surface area contributed by atoms with Crippen LogP contribution in [0.1, 0.15) is 41.9 Å². The fourth-order valence-electron chi connectivity index (χ4n) is 4.89. The zero-order valence-electron chi connectivity index (χ0n) is 17.3. The molecule has 1 spiro atoms. The molecule has 4 heterocycles. The molecule has 3 aliphatic rings. The van der Waals surface area contributed by atoms with Gasteiger partial charge in [-0.3, -0.25) is 14.5 Å². The van der Waals surface area contributed by atoms with E-state index in [9.17, 15) is 9.59 Å². The van der Waals surface area contributed by atoms with Crippen LogP contribution in [0.5, 0.6) is 0 Å². The molecule has 2 aliphatic heterocycles. The van der Waals surface area contributed by atoms with E-state index in [4.69, 9.17) is 0 Å². The average molecular weight is 417 g/mol. The summed E-state index contributed by atoms with van der Waals surface area (Å²) in [5, 5.41) is 6.33. The SMILES string of the molecule is Cn1c(C(=O)NC2CC2)nc2c(N3C(=O)C4(CCNCC4)c4ccccc43)ncnc21. The Morgan fingerprint density at radius 3 is 2.74 bits per heavy atom. The average Bonchev–Trinajstić information content (AvgIpc) is 3.50. The molecule has 9 heteroatoms. The smallest absolute Gasteiger partial charge is 0.287 e. The summed E-state index contributed by atoms with van der Waals surface area (Å²) >= 11 is 0. The third-order valence-corrected chi connectivity index (χ3v) is 6.69. The monoisotopic (exact) mass is 417 g/mol. The van der Waals surface area contributed by atoms with Crippen molar-refractivity contribution in [1.29, 1.82) is 0 Å². The van der Waals surface area contributed by atoms with Crippen LogP contribution in [0.3, 0.4) is 0 Å². The molecule has 1 aromatic carbocycles. The summed E-state index contributed by atoms with van der Waals surface area (Å²) in [4.78, 5) is 41.7. The molecule has 2 amide bonds. The number of anilines is 2. The molecule has 2 fully saturated rings. The summed E-state index contributed by atoms with van der Waals surface area (Å²) in [5.74, 6) is 0.501. The van der Waals surface area contributed by atoms with Gasteiger partial charge in [-0.05, 0) is 50.4 Å². The highest BCUT2D eigenvalue weighted by atomic mass is 16.2. The molecule has 31 heavy (non-hydrogen) atoms. The summed E-state index contributed by atoms with van der Waals surface area (Å²) in [6.07, 6.45) is 4.91. The van der Waals surface area contributed by atoms with E-state index in [0.29, 0.717) is 17.0 Å². The quantitative estimate of drug-likeness (QED) is 0.670. The van der Waals surface area contributed by atoms with Crippen molar-refractivity contribution in [3.05, 3.63) is 42.0 Å². The van der Waals surface area contributed by atoms with Crippen LogP contribution < -0.4 is 15.5 Å². The second-order valence-electron chi connectivity index (χ2n) is 8.60. The van der Waals surface area contributed by atoms with Crippen LogP contribution in [-0.4, -0.2) is 50.5 Å². The Morgan fingerprint density at radius 1 is 1.19 bits per heavy atom. The number of carbonyl (C=O) groups is 2. The van der Waals surface area contributed by atoms with Crippen molar-refractivity contribution in [3.8, 4) is 0 Å². The lowest BCUT2D eigenvalue weighted by Crippen LogP contribution is -2.46. The van der Waals surface area contributed by atoms with Crippen molar-refractivity contribution in [3.63, 3.8) is 0 Å². The second kappa shape index (κ2) is 6.58. The number of hydrogen-bond donors (Lipinski definition) is 2. The number of rotatable bonds is 3. The van der Waals surface area contributed by atoms with Gasteiger partial charge in [0.1, 0.15) is 6.33 Å². The first kappa shape index (κ1) is 18.4. The third-order valence-electron chi connectivity index (χ3n) is 6.69. The molecule has 158 valence electrons. The van der Waals surface area contributed by atoms with E-state index in [1.165, 1.54) is 6.33 Å². The normalized spacial score (nSPS) is 19.8. The Kier molecular flexibility index (Phi) is 3.92. The third kappa shape index (κ3) is 2.62. The van der Waals surface area contributed by atoms with E-state index >= 15 is 0 Å². The maximum atomic E-state index is 13.9. The van der Waals surface area contributed by atoms with Crippen LogP contribution in [-0.2, 0) is 17.3 Å². The minimum Gasteiger partial charge on any atom is -0.347 e. The molecular weight excluding hydrogens is 394 g/mol. The summed E-state index contributed by atoms with van der Waals surface area (Å²) in [7, 11) is 1.77. The first-order valence-electron chi connectivity index (χ1n) is 10.7. The molecule has 0 unspecified atom stereocenters. The van der Waals surface area contributed by atoms with Gasteiger partial charge in [-0.2, -0.15) is 0 Å². The van der Waals surface area contributed by atoms with Gasteiger partial charge < -0.3 is 15.2 Å². The standard InChI is InChI=1S/C22H23N7O2/c1-28-17-16(27-19(28)20(30)26-13-6-7-13)18(25-12-24-17)29-15-5-3-2-4-14(15)22(21(29)31)8-10-23-11-9-22/h2-5,12-13,23H,6-11H2,1H3,(H,26,30). The lowest BCUT2D eigenvalue weighted by atomic mass is 9.74. The zero-order valence-corrected chi connectivity index (χ0v) is 17.3. The second-order valence-corrected chi connectivity index (χ2v) is 8.60. The van der Waals surface area contributed by atoms with E-state index in [0.717, 1.165) is 50.0 Å². The molecular formula is C22H23N7O2. The zero-order chi connectivity index (χ0) is 21.2. The molecule has 2 N–H and O–H groups in total. The number of fused-ring (bicyclic) bond motifs is 3. The summed E-state index contributed by atoms with van der Waals surface area (Å²) in [6, 6.07) is 8.15. The van der Waals surface area contributed by atoms with Crippen LogP contribution in [0.15, 0.2) is 30.6 Å². The number of benzene rings is 1. The van der Waals surface area contributed by atoms with Crippen molar-refractivity contribution in [2.45, 2.75) is 37.1 Å². The highest BCUT2D eigenvalue weighted by Crippen LogP contribution is 2.50. The maximum Gasteiger partial charge on any atom is 0.287 e. The number of amides is 2. The van der Waals surface area contributed by atoms with Crippen LogP contribution in [0, 0.1) is 0 Å². The number of nitrogens with zero attached hydrogens (tertiary/aromatic N) is 5. The van der Waals surface area contributed by atoms with Gasteiger partial charge in [0.2, 0.25) is 11.7 Å². The number of imidazole rings is 1. The Bertz CT molecular complexity index is 1220. The Labute approximate surface area is 178 Å². The highest BCUT2D eigenvalue weighted by Gasteiger charge is 2.52. The Morgan fingerprint density at radius 2 is 1.97 bits per heavy atom. The van der Waals surface area contributed by atoms with Crippen LogP contribution >= 0.6 is 0 Å². The minimum absolute atomic E-state index is 0.0184. The van der Waals surface area contributed by atoms with E-state index in [1.807, 2.05) is 24.3 Å². The molecule has 2 aromatic heterocycles. The molecule has 1 aliphatic carbocycles. The fraction of sp³-hybridized carbons (Fsp3) is 0.409. The minimum atomic E-state index is -0.555. The summed E-state index contributed by atoms with van der Waals surface area (Å²) < 4.78 is 1.67. The van der Waals surface area contributed by atoms with Crippen molar-refractivity contribution >= 4 is 34.5 Å². The molecule has 1 saturated carbocycles. The maximum absolute atomic E-state index is 13.9. The van der Waals surface area contributed by atoms with Gasteiger partial charge in [-0.15, -0.1) is 0 Å². The molecule has 1 saturated heterocycles. The van der Waals surface area contributed by atoms with Crippen molar-refractivity contribution in [1.82, 2.24) is 30.2 Å². The molecule has 6 rings (SSSR count). The Balaban J connectivity index is 1.50. The van der Waals surface area contributed by atoms with Gasteiger partial charge in [0, 0.05) is 13.1 Å². The van der Waals surface area contributed by atoms with Crippen molar-refractivity contribution in [2.24, 2.45) is 7.05 Å². The number of hydrogen-bond acceptors (Lipinski definition) is 6. The molecule has 0 bridgehead atoms. The fourth-order valence-corrected chi connectivity index (χ4v) is 4.89. The largest absolute Gasteiger partial charge is 0.347 e. The van der Waals surface area contributed by atoms with E-state index in [2.05, 4.69) is 25.6 Å². The van der Waals surface area contributed by atoms with Gasteiger partial charge >= 0.3 is 0 Å². The lowest BCUT2D eigenvalue weighted by molar-refractivity contribution is -0.123. The van der Waals surface area contributed by atoms with E-state index in [1.54, 1.807) is 16.5 Å². The van der Waals surface area contributed by atoms with Crippen molar-refractivity contribution < 1.29 is 9.59 Å². The predicted molar refractivity (Wildman–Crippen MR) is 114 cm³/mol. The van der Waals surface area contributed by atoms with E-state index < -0.39 is 5.41 Å². The predicted octanol–water partition coefficient (Wildman–Crippen LogP) is 1.55. The number of piperidine rings is 1. The van der Waals surface area contributed by atoms with Crippen molar-refractivity contribution in [2.75, 3.05) is 18.0 Å². The van der Waals surface area contributed by atoms with Gasteiger partial charge in [0.25, 0.3) is 5.91 Å². The topological polar surface area (TPSA) is 105 Å². The summed E-state index contributed by atoms with van der Waals surface area (Å²) in [6.45, 7) is 1.59. The number of aryl methyl sites for hydroxylation is 1. The summed E-state index contributed by atoms with van der Waals surface area (Å²) in [5.41, 5.74) is 2.31. The van der Waals surface area contributed by atoms with E-state index in [-0.39, 0.29) is 23.7 Å². The van der Waals surface area contributed by atoms with Crippen LogP contribution in [0.4, 0.5) is 11.5 Å². The molecule has 0 radical (unpaired) electrons. The number of carbonyl (C=O) groups excluding carboxylic acids is 2. The molecule has 3 aromatic rings. The molecule has 9 nitrogen and oxygen atoms in total. The molecule has 0 atom stereocenters. The van der Waals surface area contributed by atoms with Gasteiger partial charge in [0.15, 0.2) is 17.0 Å². The number of nitrogens with one attached hydrogen (secondary N) is 2.